The fourth-order valence-corrected chi connectivity index (χ4v) is 2.39. The Morgan fingerprint density at radius 1 is 1.28 bits per heavy atom. The van der Waals surface area contributed by atoms with Crippen molar-refractivity contribution in [2.24, 2.45) is 5.73 Å². The number of nitrogens with zero attached hydrogens (tertiary/aromatic N) is 1. The predicted molar refractivity (Wildman–Crippen MR) is 76.2 cm³/mol. The molecule has 0 aliphatic carbocycles. The van der Waals surface area contributed by atoms with Crippen molar-refractivity contribution in [1.29, 1.82) is 0 Å². The minimum atomic E-state index is 0.204. The number of nitrogens with two attached hydrogens (primary N) is 1. The lowest BCUT2D eigenvalue weighted by molar-refractivity contribution is 0.243. The molecule has 2 N–H and O–H groups in total. The van der Waals surface area contributed by atoms with E-state index in [4.69, 9.17) is 10.5 Å². The van der Waals surface area contributed by atoms with Gasteiger partial charge in [0.25, 0.3) is 0 Å². The number of fused-ring (bicyclic) bond motifs is 1. The Morgan fingerprint density at radius 3 is 2.61 bits per heavy atom. The smallest absolute Gasteiger partial charge is 0.120 e. The Bertz CT molecular complexity index is 555. The van der Waals surface area contributed by atoms with Crippen molar-refractivity contribution in [2.75, 3.05) is 6.54 Å². The summed E-state index contributed by atoms with van der Waals surface area (Å²) in [5.74, 6) is 0.936. The highest BCUT2D eigenvalue weighted by molar-refractivity contribution is 5.86. The van der Waals surface area contributed by atoms with Crippen molar-refractivity contribution in [3.8, 4) is 5.75 Å². The number of aryl methyl sites for hydroxylation is 1. The number of benzene rings is 1. The van der Waals surface area contributed by atoms with E-state index >= 15 is 0 Å². The molecule has 0 fully saturated rings. The van der Waals surface area contributed by atoms with Gasteiger partial charge in [-0.1, -0.05) is 0 Å². The Balaban J connectivity index is 2.53. The molecule has 0 saturated carbocycles. The maximum atomic E-state index is 5.75. The van der Waals surface area contributed by atoms with E-state index in [1.54, 1.807) is 0 Å². The van der Waals surface area contributed by atoms with Crippen LogP contribution in [0.5, 0.6) is 5.75 Å². The third-order valence-corrected chi connectivity index (χ3v) is 3.33. The van der Waals surface area contributed by atoms with Crippen LogP contribution in [0.15, 0.2) is 18.2 Å². The van der Waals surface area contributed by atoms with Gasteiger partial charge in [0, 0.05) is 29.7 Å². The van der Waals surface area contributed by atoms with E-state index in [0.29, 0.717) is 6.54 Å². The molecule has 2 aromatic rings. The number of hydrogen-bond donors (Lipinski definition) is 1. The second kappa shape index (κ2) is 5.02. The van der Waals surface area contributed by atoms with Crippen LogP contribution in [0.4, 0.5) is 0 Å². The standard InChI is InChI=1S/C15H22N2O/c1-10(2)18-13-5-6-15-14(9-13)11(3)12(4)17(15)8-7-16/h5-6,9-10H,7-8,16H2,1-4H3. The van der Waals surface area contributed by atoms with Crippen molar-refractivity contribution in [3.63, 3.8) is 0 Å². The molecule has 0 aliphatic rings. The summed E-state index contributed by atoms with van der Waals surface area (Å²) in [5, 5.41) is 1.26. The molecule has 3 nitrogen and oxygen atoms in total. The van der Waals surface area contributed by atoms with Gasteiger partial charge in [-0.05, 0) is 51.5 Å². The number of hydrogen-bond acceptors (Lipinski definition) is 2. The highest BCUT2D eigenvalue weighted by atomic mass is 16.5. The summed E-state index contributed by atoms with van der Waals surface area (Å²) in [4.78, 5) is 0. The van der Waals surface area contributed by atoms with E-state index in [2.05, 4.69) is 30.5 Å². The zero-order valence-electron chi connectivity index (χ0n) is 11.7. The molecule has 0 unspecified atom stereocenters. The summed E-state index contributed by atoms with van der Waals surface area (Å²) in [7, 11) is 0. The molecule has 0 saturated heterocycles. The first-order valence-corrected chi connectivity index (χ1v) is 6.50. The second-order valence-corrected chi connectivity index (χ2v) is 5.00. The Labute approximate surface area is 109 Å². The first-order chi connectivity index (χ1) is 8.54. The van der Waals surface area contributed by atoms with Crippen LogP contribution in [0.3, 0.4) is 0 Å². The van der Waals surface area contributed by atoms with Gasteiger partial charge < -0.3 is 15.0 Å². The van der Waals surface area contributed by atoms with Crippen molar-refractivity contribution in [3.05, 3.63) is 29.5 Å². The van der Waals surface area contributed by atoms with Crippen LogP contribution in [-0.4, -0.2) is 17.2 Å². The normalized spacial score (nSPS) is 11.4. The van der Waals surface area contributed by atoms with E-state index in [1.807, 2.05) is 19.9 Å². The molecule has 0 amide bonds. The number of aromatic nitrogens is 1. The molecule has 1 aromatic carbocycles. The second-order valence-electron chi connectivity index (χ2n) is 5.00. The molecule has 18 heavy (non-hydrogen) atoms. The van der Waals surface area contributed by atoms with Gasteiger partial charge in [0.05, 0.1) is 6.10 Å². The van der Waals surface area contributed by atoms with Crippen molar-refractivity contribution < 1.29 is 4.74 Å². The average molecular weight is 246 g/mol. The Morgan fingerprint density at radius 2 is 2.00 bits per heavy atom. The van der Waals surface area contributed by atoms with E-state index in [1.165, 1.54) is 22.2 Å². The van der Waals surface area contributed by atoms with Crippen molar-refractivity contribution >= 4 is 10.9 Å². The lowest BCUT2D eigenvalue weighted by Crippen LogP contribution is -2.10. The molecule has 1 aromatic heterocycles. The largest absolute Gasteiger partial charge is 0.491 e. The summed E-state index contributed by atoms with van der Waals surface area (Å²) in [5.41, 5.74) is 9.52. The van der Waals surface area contributed by atoms with Crippen LogP contribution in [0, 0.1) is 13.8 Å². The first-order valence-electron chi connectivity index (χ1n) is 6.50. The van der Waals surface area contributed by atoms with Gasteiger partial charge in [0.2, 0.25) is 0 Å². The minimum Gasteiger partial charge on any atom is -0.491 e. The van der Waals surface area contributed by atoms with Crippen molar-refractivity contribution in [2.45, 2.75) is 40.3 Å². The van der Waals surface area contributed by atoms with Crippen LogP contribution in [-0.2, 0) is 6.54 Å². The summed E-state index contributed by atoms with van der Waals surface area (Å²) in [6.45, 7) is 9.91. The van der Waals surface area contributed by atoms with Crippen LogP contribution in [0.25, 0.3) is 10.9 Å². The van der Waals surface area contributed by atoms with E-state index in [0.717, 1.165) is 12.3 Å². The molecule has 0 bridgehead atoms. The predicted octanol–water partition coefficient (Wildman–Crippen LogP) is 3.00. The molecule has 1 heterocycles. The highest BCUT2D eigenvalue weighted by Crippen LogP contribution is 2.29. The fraction of sp³-hybridized carbons (Fsp3) is 0.467. The lowest BCUT2D eigenvalue weighted by atomic mass is 10.1. The van der Waals surface area contributed by atoms with E-state index in [-0.39, 0.29) is 6.10 Å². The summed E-state index contributed by atoms with van der Waals surface area (Å²) >= 11 is 0. The Kier molecular flexibility index (Phi) is 3.62. The van der Waals surface area contributed by atoms with Gasteiger partial charge in [-0.3, -0.25) is 0 Å². The van der Waals surface area contributed by atoms with Crippen LogP contribution in [0.1, 0.15) is 25.1 Å². The summed E-state index contributed by atoms with van der Waals surface area (Å²) < 4.78 is 8.03. The maximum absolute atomic E-state index is 5.75. The molecule has 2 rings (SSSR count). The monoisotopic (exact) mass is 246 g/mol. The molecule has 0 atom stereocenters. The highest BCUT2D eigenvalue weighted by Gasteiger charge is 2.11. The van der Waals surface area contributed by atoms with Crippen LogP contribution in [0.2, 0.25) is 0 Å². The van der Waals surface area contributed by atoms with Crippen molar-refractivity contribution in [1.82, 2.24) is 4.57 Å². The van der Waals surface area contributed by atoms with Crippen LogP contribution >= 0.6 is 0 Å². The molecule has 0 spiro atoms. The van der Waals surface area contributed by atoms with Gasteiger partial charge in [-0.25, -0.2) is 0 Å². The first kappa shape index (κ1) is 13.0. The zero-order valence-corrected chi connectivity index (χ0v) is 11.7. The third kappa shape index (κ3) is 2.23. The van der Waals surface area contributed by atoms with Crippen LogP contribution < -0.4 is 10.5 Å². The lowest BCUT2D eigenvalue weighted by Gasteiger charge is -2.10. The SMILES string of the molecule is Cc1c(C)n(CCN)c2ccc(OC(C)C)cc12. The Hall–Kier alpha value is -1.48. The quantitative estimate of drug-likeness (QED) is 0.901. The molecule has 0 aliphatic heterocycles. The summed E-state index contributed by atoms with van der Waals surface area (Å²) in [6, 6.07) is 6.29. The average Bonchev–Trinajstić information content (AvgIpc) is 2.54. The van der Waals surface area contributed by atoms with E-state index < -0.39 is 0 Å². The molecule has 0 radical (unpaired) electrons. The number of rotatable bonds is 4. The third-order valence-electron chi connectivity index (χ3n) is 3.33. The number of ether oxygens (including phenoxy) is 1. The van der Waals surface area contributed by atoms with Gasteiger partial charge in [-0.2, -0.15) is 0 Å². The van der Waals surface area contributed by atoms with Gasteiger partial charge in [0.1, 0.15) is 5.75 Å². The van der Waals surface area contributed by atoms with Gasteiger partial charge in [0.15, 0.2) is 0 Å². The summed E-state index contributed by atoms with van der Waals surface area (Å²) in [6.07, 6.45) is 0.204. The molecular formula is C15H22N2O. The molecular weight excluding hydrogens is 224 g/mol. The molecule has 98 valence electrons. The minimum absolute atomic E-state index is 0.204. The van der Waals surface area contributed by atoms with Gasteiger partial charge in [-0.15, -0.1) is 0 Å². The topological polar surface area (TPSA) is 40.2 Å². The zero-order chi connectivity index (χ0) is 13.3. The maximum Gasteiger partial charge on any atom is 0.120 e. The van der Waals surface area contributed by atoms with Gasteiger partial charge >= 0.3 is 0 Å². The van der Waals surface area contributed by atoms with E-state index in [9.17, 15) is 0 Å². The molecule has 3 heteroatoms. The fourth-order valence-electron chi connectivity index (χ4n) is 2.39.